The molecule has 0 saturated heterocycles. The summed E-state index contributed by atoms with van der Waals surface area (Å²) in [5.41, 5.74) is 0.0341. The van der Waals surface area contributed by atoms with E-state index in [2.05, 4.69) is 5.32 Å². The number of cyclic esters (lactones) is 1. The van der Waals surface area contributed by atoms with Crippen molar-refractivity contribution in [2.24, 2.45) is 0 Å². The summed E-state index contributed by atoms with van der Waals surface area (Å²) >= 11 is 0. The molecule has 1 amide bonds. The van der Waals surface area contributed by atoms with Crippen LogP contribution in [0.4, 0.5) is 5.69 Å². The number of amides is 1. The molecule has 0 radical (unpaired) electrons. The number of benzene rings is 2. The first-order valence-corrected chi connectivity index (χ1v) is 9.16. The van der Waals surface area contributed by atoms with Gasteiger partial charge in [-0.05, 0) is 38.1 Å². The fourth-order valence-corrected chi connectivity index (χ4v) is 2.95. The van der Waals surface area contributed by atoms with Gasteiger partial charge >= 0.3 is 29.6 Å². The number of nitrogens with one attached hydrogen (secondary N) is 1. The molecule has 2 aromatic rings. The highest BCUT2D eigenvalue weighted by Gasteiger charge is 2.50. The van der Waals surface area contributed by atoms with Crippen molar-refractivity contribution in [3.63, 3.8) is 0 Å². The minimum Gasteiger partial charge on any atom is -0.462 e. The van der Waals surface area contributed by atoms with Gasteiger partial charge in [0, 0.05) is 11.3 Å². The molecule has 0 fully saturated rings. The van der Waals surface area contributed by atoms with E-state index in [1.165, 1.54) is 30.3 Å². The molecule has 0 bridgehead atoms. The zero-order chi connectivity index (χ0) is 21.9. The van der Waals surface area contributed by atoms with Crippen LogP contribution in [-0.4, -0.2) is 42.1 Å². The second-order valence-corrected chi connectivity index (χ2v) is 6.27. The van der Waals surface area contributed by atoms with Gasteiger partial charge in [-0.15, -0.1) is 0 Å². The van der Waals surface area contributed by atoms with Gasteiger partial charge in [0.2, 0.25) is 0 Å². The summed E-state index contributed by atoms with van der Waals surface area (Å²) in [6, 6.07) is 9.72. The number of rotatable bonds is 6. The highest BCUT2D eigenvalue weighted by Crippen LogP contribution is 2.35. The Morgan fingerprint density at radius 3 is 2.13 bits per heavy atom. The minimum absolute atomic E-state index is 0.00228. The van der Waals surface area contributed by atoms with Gasteiger partial charge in [-0.25, -0.2) is 14.4 Å². The average Bonchev–Trinajstić information content (AvgIpc) is 3.00. The van der Waals surface area contributed by atoms with Crippen molar-refractivity contribution in [1.82, 2.24) is 0 Å². The van der Waals surface area contributed by atoms with Gasteiger partial charge in [-0.1, -0.05) is 18.2 Å². The molecule has 0 aliphatic carbocycles. The number of fused-ring (bicyclic) bond motifs is 1. The lowest BCUT2D eigenvalue weighted by molar-refractivity contribution is -0.180. The fourth-order valence-electron chi connectivity index (χ4n) is 2.95. The van der Waals surface area contributed by atoms with E-state index in [0.29, 0.717) is 0 Å². The van der Waals surface area contributed by atoms with Crippen molar-refractivity contribution in [3.8, 4) is 0 Å². The van der Waals surface area contributed by atoms with E-state index in [9.17, 15) is 24.3 Å². The minimum atomic E-state index is -2.56. The quantitative estimate of drug-likeness (QED) is 0.544. The van der Waals surface area contributed by atoms with Crippen molar-refractivity contribution in [2.75, 3.05) is 18.5 Å². The Bertz CT molecular complexity index is 995. The lowest BCUT2D eigenvalue weighted by Gasteiger charge is -2.21. The second kappa shape index (κ2) is 8.34. The van der Waals surface area contributed by atoms with E-state index in [1.54, 1.807) is 26.0 Å². The van der Waals surface area contributed by atoms with Crippen LogP contribution in [-0.2, 0) is 24.8 Å². The smallest absolute Gasteiger partial charge is 0.341 e. The zero-order valence-corrected chi connectivity index (χ0v) is 16.3. The van der Waals surface area contributed by atoms with Gasteiger partial charge in [-0.3, -0.25) is 4.79 Å². The third-order valence-electron chi connectivity index (χ3n) is 4.27. The van der Waals surface area contributed by atoms with Crippen LogP contribution in [0.5, 0.6) is 0 Å². The van der Waals surface area contributed by atoms with Gasteiger partial charge < -0.3 is 24.6 Å². The molecule has 0 saturated carbocycles. The second-order valence-electron chi connectivity index (χ2n) is 6.27. The highest BCUT2D eigenvalue weighted by molar-refractivity contribution is 6.06. The number of hydrogen-bond acceptors (Lipinski definition) is 8. The number of carbonyl (C=O) groups excluding carboxylic acids is 4. The molecule has 1 aliphatic heterocycles. The van der Waals surface area contributed by atoms with E-state index in [-0.39, 0.29) is 41.2 Å². The van der Waals surface area contributed by atoms with Crippen molar-refractivity contribution < 1.29 is 38.5 Å². The maximum absolute atomic E-state index is 12.8. The zero-order valence-electron chi connectivity index (χ0n) is 16.3. The summed E-state index contributed by atoms with van der Waals surface area (Å²) in [5.74, 6) is -5.91. The van der Waals surface area contributed by atoms with Crippen LogP contribution in [0.2, 0.25) is 0 Å². The summed E-state index contributed by atoms with van der Waals surface area (Å²) in [4.78, 5) is 49.0. The van der Waals surface area contributed by atoms with Crippen LogP contribution in [0.1, 0.15) is 50.5 Å². The van der Waals surface area contributed by atoms with Crippen molar-refractivity contribution >= 4 is 29.5 Å². The van der Waals surface area contributed by atoms with Gasteiger partial charge in [0.05, 0.1) is 29.9 Å². The molecule has 3 rings (SSSR count). The molecule has 30 heavy (non-hydrogen) atoms. The first-order chi connectivity index (χ1) is 14.3. The SMILES string of the molecule is CCOC(=O)c1cc(NC(=O)C2(O)OC(=O)c3ccccc32)cc(C(=O)OCC)c1. The first kappa shape index (κ1) is 21.0. The van der Waals surface area contributed by atoms with E-state index in [1.807, 2.05) is 0 Å². The Morgan fingerprint density at radius 2 is 1.57 bits per heavy atom. The third-order valence-corrected chi connectivity index (χ3v) is 4.27. The van der Waals surface area contributed by atoms with Crippen LogP contribution < -0.4 is 5.32 Å². The van der Waals surface area contributed by atoms with Gasteiger partial charge in [0.1, 0.15) is 0 Å². The maximum Gasteiger partial charge on any atom is 0.341 e. The molecule has 1 atom stereocenters. The predicted octanol–water partition coefficient (Wildman–Crippen LogP) is 1.99. The Morgan fingerprint density at radius 1 is 1.00 bits per heavy atom. The molecule has 2 N–H and O–H groups in total. The first-order valence-electron chi connectivity index (χ1n) is 9.16. The molecule has 9 heteroatoms. The third kappa shape index (κ3) is 3.87. The van der Waals surface area contributed by atoms with E-state index in [4.69, 9.17) is 14.2 Å². The number of aliphatic hydroxyl groups is 1. The predicted molar refractivity (Wildman–Crippen MR) is 103 cm³/mol. The molecule has 0 aromatic heterocycles. The lowest BCUT2D eigenvalue weighted by atomic mass is 10.0. The van der Waals surface area contributed by atoms with Crippen LogP contribution >= 0.6 is 0 Å². The van der Waals surface area contributed by atoms with Crippen LogP contribution in [0.15, 0.2) is 42.5 Å². The molecule has 2 aromatic carbocycles. The summed E-state index contributed by atoms with van der Waals surface area (Å²) in [6.45, 7) is 3.46. The molecule has 156 valence electrons. The van der Waals surface area contributed by atoms with Gasteiger partial charge in [0.25, 0.3) is 0 Å². The molecule has 9 nitrogen and oxygen atoms in total. The standard InChI is InChI=1S/C21H19NO8/c1-3-28-17(23)12-9-13(18(24)29-4-2)11-14(10-12)22-20(26)21(27)16-8-6-5-7-15(16)19(25)30-21/h5-11,27H,3-4H2,1-2H3,(H,22,26). The maximum atomic E-state index is 12.8. The molecule has 0 spiro atoms. The average molecular weight is 413 g/mol. The van der Waals surface area contributed by atoms with Crippen LogP contribution in [0.25, 0.3) is 0 Å². The number of carbonyl (C=O) groups is 4. The van der Waals surface area contributed by atoms with Crippen molar-refractivity contribution in [1.29, 1.82) is 0 Å². The summed E-state index contributed by atoms with van der Waals surface area (Å²) < 4.78 is 14.8. The van der Waals surface area contributed by atoms with E-state index in [0.717, 1.165) is 0 Å². The number of hydrogen-bond donors (Lipinski definition) is 2. The van der Waals surface area contributed by atoms with Crippen molar-refractivity contribution in [2.45, 2.75) is 19.6 Å². The van der Waals surface area contributed by atoms with E-state index >= 15 is 0 Å². The number of anilines is 1. The summed E-state index contributed by atoms with van der Waals surface area (Å²) in [5, 5.41) is 13.1. The highest BCUT2D eigenvalue weighted by atomic mass is 16.7. The largest absolute Gasteiger partial charge is 0.462 e. The monoisotopic (exact) mass is 413 g/mol. The molecule has 1 unspecified atom stereocenters. The molecule has 1 aliphatic rings. The Kier molecular flexibility index (Phi) is 5.84. The molecular weight excluding hydrogens is 394 g/mol. The fraction of sp³-hybridized carbons (Fsp3) is 0.238. The number of ether oxygens (including phenoxy) is 3. The van der Waals surface area contributed by atoms with Crippen LogP contribution in [0, 0.1) is 0 Å². The van der Waals surface area contributed by atoms with Gasteiger partial charge in [0.15, 0.2) is 0 Å². The Balaban J connectivity index is 1.95. The normalized spacial score (nSPS) is 17.0. The Hall–Kier alpha value is -3.72. The Labute approximate surface area is 171 Å². The van der Waals surface area contributed by atoms with E-state index < -0.39 is 29.6 Å². The molecular formula is C21H19NO8. The summed E-state index contributed by atoms with van der Waals surface area (Å²) in [6.07, 6.45) is 0. The summed E-state index contributed by atoms with van der Waals surface area (Å²) in [7, 11) is 0. The van der Waals surface area contributed by atoms with Crippen LogP contribution in [0.3, 0.4) is 0 Å². The van der Waals surface area contributed by atoms with Gasteiger partial charge in [-0.2, -0.15) is 0 Å². The topological polar surface area (TPSA) is 128 Å². The lowest BCUT2D eigenvalue weighted by Crippen LogP contribution is -2.40. The van der Waals surface area contributed by atoms with Crippen molar-refractivity contribution in [3.05, 3.63) is 64.7 Å². The molecule has 1 heterocycles. The number of esters is 3.